The van der Waals surface area contributed by atoms with Gasteiger partial charge in [0.2, 0.25) is 0 Å². The van der Waals surface area contributed by atoms with Crippen molar-refractivity contribution in [1.82, 2.24) is 12.5 Å². The van der Waals surface area contributed by atoms with Crippen LogP contribution in [0.2, 0.25) is 0 Å². The molecule has 0 aromatic carbocycles. The van der Waals surface area contributed by atoms with Crippen LogP contribution in [0.5, 0.6) is 0 Å². The Hall–Kier alpha value is -0.260. The predicted molar refractivity (Wildman–Crippen MR) is 56.6 cm³/mol. The van der Waals surface area contributed by atoms with Gasteiger partial charge in [-0.15, -0.1) is 0 Å². The number of hydrogen-bond acceptors (Lipinski definition) is 5. The van der Waals surface area contributed by atoms with E-state index in [9.17, 15) is 16.8 Å². The molecule has 0 atom stereocenters. The minimum Gasteiger partial charge on any atom is -0.283 e. The lowest BCUT2D eigenvalue weighted by atomic mass is 10.5. The summed E-state index contributed by atoms with van der Waals surface area (Å²) in [6, 6.07) is 0. The largest absolute Gasteiger partial charge is 0.318 e. The van der Waals surface area contributed by atoms with Gasteiger partial charge in [-0.2, -0.15) is 21.1 Å². The normalized spacial score (nSPS) is 19.8. The molecule has 0 aromatic rings. The van der Waals surface area contributed by atoms with Gasteiger partial charge in [0, 0.05) is 27.7 Å². The van der Waals surface area contributed by atoms with Crippen LogP contribution in [0.4, 0.5) is 0 Å². The van der Waals surface area contributed by atoms with Crippen molar-refractivity contribution in [3.63, 3.8) is 0 Å². The average molecular weight is 273 g/mol. The van der Waals surface area contributed by atoms with E-state index in [-0.39, 0.29) is 13.2 Å². The number of hydrogen-bond donors (Lipinski definition) is 0. The standard InChI is InChI=1S/C6H15N3O5S2/c1-7(2)15(10,11)8(3)16(12,13)9-5-4-6-14-9/h4-6H2,1-3H3. The Morgan fingerprint density at radius 1 is 1.12 bits per heavy atom. The van der Waals surface area contributed by atoms with E-state index in [1.807, 2.05) is 0 Å². The molecule has 0 aliphatic carbocycles. The summed E-state index contributed by atoms with van der Waals surface area (Å²) in [5.74, 6) is 0. The van der Waals surface area contributed by atoms with Crippen molar-refractivity contribution in [3.8, 4) is 0 Å². The number of hydroxylamine groups is 1. The maximum atomic E-state index is 11.8. The summed E-state index contributed by atoms with van der Waals surface area (Å²) >= 11 is 0. The highest BCUT2D eigenvalue weighted by Gasteiger charge is 2.38. The second kappa shape index (κ2) is 4.55. The number of nitrogens with zero attached hydrogens (tertiary/aromatic N) is 3. The minimum atomic E-state index is -4.13. The van der Waals surface area contributed by atoms with Crippen molar-refractivity contribution in [2.24, 2.45) is 0 Å². The van der Waals surface area contributed by atoms with Gasteiger partial charge in [-0.25, -0.2) is 0 Å². The summed E-state index contributed by atoms with van der Waals surface area (Å²) in [7, 11) is -4.65. The first-order chi connectivity index (χ1) is 7.20. The second-order valence-corrected chi connectivity index (χ2v) is 7.65. The third-order valence-electron chi connectivity index (χ3n) is 2.09. The van der Waals surface area contributed by atoms with Crippen LogP contribution in [0.15, 0.2) is 0 Å². The molecular weight excluding hydrogens is 258 g/mol. The Labute approximate surface area is 95.7 Å². The SMILES string of the molecule is CN(C)S(=O)(=O)N(C)S(=O)(=O)N1CCCO1. The van der Waals surface area contributed by atoms with Gasteiger partial charge in [0.15, 0.2) is 0 Å². The van der Waals surface area contributed by atoms with E-state index in [0.717, 1.165) is 11.4 Å². The van der Waals surface area contributed by atoms with Crippen molar-refractivity contribution in [2.75, 3.05) is 34.3 Å². The van der Waals surface area contributed by atoms with E-state index in [0.29, 0.717) is 14.6 Å². The lowest BCUT2D eigenvalue weighted by Gasteiger charge is -2.24. The first-order valence-corrected chi connectivity index (χ1v) is 7.32. The molecule has 0 spiro atoms. The molecule has 0 radical (unpaired) electrons. The monoisotopic (exact) mass is 273 g/mol. The highest BCUT2D eigenvalue weighted by atomic mass is 32.3. The maximum absolute atomic E-state index is 11.8. The lowest BCUT2D eigenvalue weighted by molar-refractivity contribution is -0.0315. The highest BCUT2D eigenvalue weighted by Crippen LogP contribution is 2.17. The Bertz CT molecular complexity index is 437. The quantitative estimate of drug-likeness (QED) is 0.629. The van der Waals surface area contributed by atoms with Gasteiger partial charge in [0.1, 0.15) is 0 Å². The van der Waals surface area contributed by atoms with E-state index >= 15 is 0 Å². The third-order valence-corrected chi connectivity index (χ3v) is 6.24. The second-order valence-electron chi connectivity index (χ2n) is 3.39. The minimum absolute atomic E-state index is 0.162. The fourth-order valence-electron chi connectivity index (χ4n) is 1.08. The van der Waals surface area contributed by atoms with Crippen LogP contribution in [-0.4, -0.2) is 63.6 Å². The third kappa shape index (κ3) is 2.36. The molecule has 0 amide bonds. The summed E-state index contributed by atoms with van der Waals surface area (Å²) in [6.07, 6.45) is 0.551. The molecule has 1 rings (SSSR count). The van der Waals surface area contributed by atoms with Gasteiger partial charge in [-0.1, -0.05) is 8.18 Å². The van der Waals surface area contributed by atoms with Crippen LogP contribution in [0.25, 0.3) is 0 Å². The molecule has 1 aliphatic rings. The summed E-state index contributed by atoms with van der Waals surface area (Å²) in [6.45, 7) is 0.435. The molecule has 1 heterocycles. The zero-order valence-electron chi connectivity index (χ0n) is 9.32. The molecule has 16 heavy (non-hydrogen) atoms. The molecule has 0 bridgehead atoms. The van der Waals surface area contributed by atoms with Gasteiger partial charge in [-0.05, 0) is 6.42 Å². The summed E-state index contributed by atoms with van der Waals surface area (Å²) in [5.41, 5.74) is 0. The van der Waals surface area contributed by atoms with Gasteiger partial charge in [0.05, 0.1) is 6.61 Å². The van der Waals surface area contributed by atoms with Gasteiger partial charge in [0.25, 0.3) is 10.2 Å². The van der Waals surface area contributed by atoms with Crippen LogP contribution in [0.1, 0.15) is 6.42 Å². The zero-order chi connectivity index (χ0) is 12.6. The zero-order valence-corrected chi connectivity index (χ0v) is 11.0. The van der Waals surface area contributed by atoms with Crippen molar-refractivity contribution in [3.05, 3.63) is 0 Å². The fraction of sp³-hybridized carbons (Fsp3) is 1.00. The molecule has 96 valence electrons. The van der Waals surface area contributed by atoms with Crippen LogP contribution in [0, 0.1) is 0 Å². The molecule has 8 nitrogen and oxygen atoms in total. The van der Waals surface area contributed by atoms with Gasteiger partial charge in [-0.3, -0.25) is 4.84 Å². The predicted octanol–water partition coefficient (Wildman–Crippen LogP) is -1.39. The van der Waals surface area contributed by atoms with Crippen LogP contribution in [-0.2, 0) is 25.3 Å². The molecule has 0 aromatic heterocycles. The Balaban J connectivity index is 3.01. The molecule has 10 heteroatoms. The molecule has 1 aliphatic heterocycles. The Morgan fingerprint density at radius 2 is 1.69 bits per heavy atom. The molecule has 0 N–H and O–H groups in total. The molecule has 1 fully saturated rings. The fourth-order valence-corrected chi connectivity index (χ4v) is 3.94. The van der Waals surface area contributed by atoms with Crippen molar-refractivity contribution in [2.45, 2.75) is 6.42 Å². The first kappa shape index (κ1) is 13.8. The molecule has 1 saturated heterocycles. The first-order valence-electron chi connectivity index (χ1n) is 4.53. The smallest absolute Gasteiger partial charge is 0.283 e. The summed E-state index contributed by atoms with van der Waals surface area (Å²) in [5, 5.41) is 0. The Kier molecular flexibility index (Phi) is 3.92. The van der Waals surface area contributed by atoms with Crippen molar-refractivity contribution >= 4 is 20.4 Å². The van der Waals surface area contributed by atoms with E-state index < -0.39 is 20.4 Å². The van der Waals surface area contributed by atoms with Crippen LogP contribution >= 0.6 is 0 Å². The lowest BCUT2D eigenvalue weighted by Crippen LogP contribution is -2.47. The van der Waals surface area contributed by atoms with E-state index in [1.54, 1.807) is 0 Å². The van der Waals surface area contributed by atoms with E-state index in [4.69, 9.17) is 4.84 Å². The maximum Gasteiger partial charge on any atom is 0.318 e. The van der Waals surface area contributed by atoms with Crippen LogP contribution in [0.3, 0.4) is 0 Å². The topological polar surface area (TPSA) is 87.2 Å². The highest BCUT2D eigenvalue weighted by molar-refractivity contribution is 8.01. The van der Waals surface area contributed by atoms with Gasteiger partial charge < -0.3 is 0 Å². The van der Waals surface area contributed by atoms with Crippen molar-refractivity contribution < 1.29 is 21.7 Å². The van der Waals surface area contributed by atoms with Gasteiger partial charge >= 0.3 is 10.2 Å². The van der Waals surface area contributed by atoms with Crippen molar-refractivity contribution in [1.29, 1.82) is 0 Å². The average Bonchev–Trinajstić information content (AvgIpc) is 2.69. The van der Waals surface area contributed by atoms with E-state index in [1.165, 1.54) is 14.1 Å². The molecule has 0 unspecified atom stereocenters. The number of rotatable bonds is 4. The Morgan fingerprint density at radius 3 is 2.06 bits per heavy atom. The summed E-state index contributed by atoms with van der Waals surface area (Å²) in [4.78, 5) is 4.83. The summed E-state index contributed by atoms with van der Waals surface area (Å²) < 4.78 is 48.7. The van der Waals surface area contributed by atoms with E-state index in [2.05, 4.69) is 0 Å². The molecular formula is C6H15N3O5S2. The van der Waals surface area contributed by atoms with Crippen LogP contribution < -0.4 is 0 Å². The molecule has 0 saturated carbocycles.